The third-order valence-electron chi connectivity index (χ3n) is 8.77. The van der Waals surface area contributed by atoms with Crippen molar-refractivity contribution in [3.63, 3.8) is 0 Å². The van der Waals surface area contributed by atoms with Crippen LogP contribution in [0.25, 0.3) is 0 Å². The second kappa shape index (κ2) is 31.6. The number of rotatable bonds is 33. The molecule has 6 atom stereocenters. The van der Waals surface area contributed by atoms with Gasteiger partial charge in [-0.1, -0.05) is 121 Å². The Labute approximate surface area is 313 Å². The molecule has 1 rings (SSSR count). The van der Waals surface area contributed by atoms with Gasteiger partial charge in [-0.15, -0.1) is 0 Å². The number of ether oxygens (including phenoxy) is 4. The fourth-order valence-electron chi connectivity index (χ4n) is 5.74. The summed E-state index contributed by atoms with van der Waals surface area (Å²) in [4.78, 5) is 12.6. The van der Waals surface area contributed by atoms with Crippen LogP contribution in [0.5, 0.6) is 0 Å². The molecule has 0 radical (unpaired) electrons. The molecule has 0 saturated carbocycles. The van der Waals surface area contributed by atoms with Crippen LogP contribution in [-0.4, -0.2) is 97.5 Å². The molecule has 0 bridgehead atoms. The molecule has 0 aromatic carbocycles. The Bertz CT molecular complexity index is 1060. The Balaban J connectivity index is 2.36. The van der Waals surface area contributed by atoms with Crippen molar-refractivity contribution >= 4 is 16.4 Å². The summed E-state index contributed by atoms with van der Waals surface area (Å²) in [6, 6.07) is 0. The van der Waals surface area contributed by atoms with Crippen LogP contribution in [0.15, 0.2) is 36.5 Å². The van der Waals surface area contributed by atoms with Crippen LogP contribution in [0.1, 0.15) is 142 Å². The summed E-state index contributed by atoms with van der Waals surface area (Å²) >= 11 is 0. The standard InChI is InChI=1S/C39H70O12S/c1-3-5-7-9-10-11-12-13-14-15-16-17-18-19-20-21-22-23-25-27-29-47-31-33(49-35(41)28-26-24-8-6-4-2)32-48-39-37(43)38(51-52(44,45)46)36(42)34(30-40)50-39/h10-11,13-14,16-17,33-34,36-40,42-43H,3-9,12,15,18-32H2,1-2H3,(H,44,45,46)/b11-10-,14-13-,17-16-. The van der Waals surface area contributed by atoms with Crippen LogP contribution in [-0.2, 0) is 38.3 Å². The molecule has 0 aliphatic carbocycles. The number of hydrogen-bond acceptors (Lipinski definition) is 11. The lowest BCUT2D eigenvalue weighted by molar-refractivity contribution is -0.301. The minimum Gasteiger partial charge on any atom is -0.457 e. The lowest BCUT2D eigenvalue weighted by atomic mass is 9.99. The maximum Gasteiger partial charge on any atom is 0.397 e. The average molecular weight is 763 g/mol. The highest BCUT2D eigenvalue weighted by atomic mass is 32.3. The van der Waals surface area contributed by atoms with Crippen molar-refractivity contribution in [2.75, 3.05) is 26.4 Å². The number of aliphatic hydroxyl groups is 3. The molecule has 1 aliphatic heterocycles. The van der Waals surface area contributed by atoms with E-state index in [0.717, 1.165) is 64.2 Å². The number of hydrogen-bond donors (Lipinski definition) is 4. The third-order valence-corrected chi connectivity index (χ3v) is 9.23. The SMILES string of the molecule is CCCCC/C=C\C/C=C\C/C=C\CCCCCCCCCOCC(COC1OC(CO)C(O)C(OS(=O)(=O)O)C1O)OC(=O)CCCCCCC. The van der Waals surface area contributed by atoms with Gasteiger partial charge in [0.05, 0.1) is 19.8 Å². The van der Waals surface area contributed by atoms with Gasteiger partial charge in [0, 0.05) is 13.0 Å². The van der Waals surface area contributed by atoms with Gasteiger partial charge in [-0.25, -0.2) is 4.18 Å². The zero-order valence-electron chi connectivity index (χ0n) is 31.9. The molecule has 0 spiro atoms. The van der Waals surface area contributed by atoms with Crippen LogP contribution in [0.2, 0.25) is 0 Å². The number of aliphatic hydroxyl groups excluding tert-OH is 3. The van der Waals surface area contributed by atoms with Crippen LogP contribution < -0.4 is 0 Å². The summed E-state index contributed by atoms with van der Waals surface area (Å²) in [6.07, 6.45) is 25.2. The van der Waals surface area contributed by atoms with Gasteiger partial charge in [0.1, 0.15) is 30.5 Å². The summed E-state index contributed by atoms with van der Waals surface area (Å²) in [5.41, 5.74) is 0. The third kappa shape index (κ3) is 25.4. The van der Waals surface area contributed by atoms with E-state index >= 15 is 0 Å². The van der Waals surface area contributed by atoms with E-state index in [2.05, 4.69) is 54.5 Å². The van der Waals surface area contributed by atoms with Gasteiger partial charge >= 0.3 is 16.4 Å². The molecule has 1 fully saturated rings. The van der Waals surface area contributed by atoms with Crippen LogP contribution in [0, 0.1) is 0 Å². The first-order valence-electron chi connectivity index (χ1n) is 19.7. The minimum atomic E-state index is -5.05. The summed E-state index contributed by atoms with van der Waals surface area (Å²) in [5.74, 6) is -0.418. The first-order valence-corrected chi connectivity index (χ1v) is 21.1. The minimum absolute atomic E-state index is 0.0286. The van der Waals surface area contributed by atoms with Crippen molar-refractivity contribution in [2.45, 2.75) is 179 Å². The number of allylic oxidation sites excluding steroid dienone is 6. The first-order chi connectivity index (χ1) is 25.1. The molecular weight excluding hydrogens is 692 g/mol. The number of carbonyl (C=O) groups is 1. The van der Waals surface area contributed by atoms with Crippen molar-refractivity contribution < 1.29 is 56.2 Å². The molecule has 304 valence electrons. The molecule has 52 heavy (non-hydrogen) atoms. The van der Waals surface area contributed by atoms with Crippen LogP contribution >= 0.6 is 0 Å². The Morgan fingerprint density at radius 1 is 0.731 bits per heavy atom. The van der Waals surface area contributed by atoms with Crippen molar-refractivity contribution in [3.8, 4) is 0 Å². The molecule has 0 amide bonds. The van der Waals surface area contributed by atoms with E-state index in [0.29, 0.717) is 13.0 Å². The van der Waals surface area contributed by atoms with Crippen molar-refractivity contribution in [1.29, 1.82) is 0 Å². The van der Waals surface area contributed by atoms with Crippen molar-refractivity contribution in [2.24, 2.45) is 0 Å². The fourth-order valence-corrected chi connectivity index (χ4v) is 6.24. The molecule has 1 aliphatic rings. The summed E-state index contributed by atoms with van der Waals surface area (Å²) < 4.78 is 58.5. The highest BCUT2D eigenvalue weighted by molar-refractivity contribution is 7.80. The zero-order chi connectivity index (χ0) is 38.3. The van der Waals surface area contributed by atoms with E-state index < -0.39 is 59.8 Å². The first kappa shape index (κ1) is 48.3. The van der Waals surface area contributed by atoms with Gasteiger partial charge < -0.3 is 34.3 Å². The lowest BCUT2D eigenvalue weighted by Gasteiger charge is -2.41. The Morgan fingerprint density at radius 3 is 1.88 bits per heavy atom. The Morgan fingerprint density at radius 2 is 1.27 bits per heavy atom. The smallest absolute Gasteiger partial charge is 0.397 e. The van der Waals surface area contributed by atoms with E-state index in [-0.39, 0.29) is 19.6 Å². The predicted octanol–water partition coefficient (Wildman–Crippen LogP) is 7.07. The monoisotopic (exact) mass is 762 g/mol. The van der Waals surface area contributed by atoms with E-state index in [4.69, 9.17) is 23.5 Å². The van der Waals surface area contributed by atoms with E-state index in [1.54, 1.807) is 0 Å². The van der Waals surface area contributed by atoms with Crippen LogP contribution in [0.4, 0.5) is 0 Å². The molecule has 0 aromatic heterocycles. The molecule has 13 heteroatoms. The highest BCUT2D eigenvalue weighted by Gasteiger charge is 2.48. The van der Waals surface area contributed by atoms with Gasteiger partial charge in [0.25, 0.3) is 0 Å². The Kier molecular flexibility index (Phi) is 29.4. The largest absolute Gasteiger partial charge is 0.457 e. The molecule has 12 nitrogen and oxygen atoms in total. The topological polar surface area (TPSA) is 178 Å². The number of unbranched alkanes of at least 4 members (excludes halogenated alkanes) is 14. The van der Waals surface area contributed by atoms with Gasteiger partial charge in [-0.2, -0.15) is 8.42 Å². The van der Waals surface area contributed by atoms with E-state index in [1.165, 1.54) is 51.4 Å². The van der Waals surface area contributed by atoms with Crippen LogP contribution in [0.3, 0.4) is 0 Å². The normalized spacial score (nSPS) is 21.8. The fraction of sp³-hybridized carbons (Fsp3) is 0.821. The second-order valence-corrected chi connectivity index (χ2v) is 14.6. The quantitative estimate of drug-likeness (QED) is 0.0232. The van der Waals surface area contributed by atoms with Crippen molar-refractivity contribution in [3.05, 3.63) is 36.5 Å². The van der Waals surface area contributed by atoms with Crippen molar-refractivity contribution in [1.82, 2.24) is 0 Å². The second-order valence-electron chi connectivity index (χ2n) is 13.5. The summed E-state index contributed by atoms with van der Waals surface area (Å²) in [5, 5.41) is 30.4. The molecule has 1 heterocycles. The average Bonchev–Trinajstić information content (AvgIpc) is 3.11. The molecular formula is C39H70O12S. The van der Waals surface area contributed by atoms with E-state index in [9.17, 15) is 28.5 Å². The molecule has 0 aromatic rings. The van der Waals surface area contributed by atoms with Gasteiger partial charge in [-0.05, 0) is 51.4 Å². The zero-order valence-corrected chi connectivity index (χ0v) is 32.7. The number of esters is 1. The molecule has 4 N–H and O–H groups in total. The maximum absolute atomic E-state index is 12.6. The molecule has 1 saturated heterocycles. The Hall–Kier alpha value is -1.68. The van der Waals surface area contributed by atoms with Gasteiger partial charge in [0.15, 0.2) is 6.29 Å². The predicted molar refractivity (Wildman–Crippen MR) is 202 cm³/mol. The number of carbonyl (C=O) groups excluding carboxylic acids is 1. The lowest BCUT2D eigenvalue weighted by Crippen LogP contribution is -2.60. The van der Waals surface area contributed by atoms with Gasteiger partial charge in [-0.3, -0.25) is 9.35 Å². The van der Waals surface area contributed by atoms with Gasteiger partial charge in [0.2, 0.25) is 0 Å². The highest BCUT2D eigenvalue weighted by Crippen LogP contribution is 2.26. The summed E-state index contributed by atoms with van der Waals surface area (Å²) in [6.45, 7) is 3.81. The molecule has 6 unspecified atom stereocenters. The summed E-state index contributed by atoms with van der Waals surface area (Å²) in [7, 11) is -5.05. The van der Waals surface area contributed by atoms with E-state index in [1.807, 2.05) is 0 Å². The maximum atomic E-state index is 12.6.